The number of nitrogens with one attached hydrogen (secondary N) is 3. The molecule has 27 heavy (non-hydrogen) atoms. The Labute approximate surface area is 154 Å². The molecule has 1 aliphatic rings. The summed E-state index contributed by atoms with van der Waals surface area (Å²) in [6.07, 6.45) is 2.37. The SMILES string of the molecule is CC(C)N1CNc2c(c(=O)[nH]c(=O)n2CCc2c[nH]c3ccc(F)cc23)C1. The van der Waals surface area contributed by atoms with Crippen LogP contribution in [0.15, 0.2) is 34.0 Å². The number of rotatable bonds is 4. The van der Waals surface area contributed by atoms with Gasteiger partial charge in [-0.1, -0.05) is 0 Å². The van der Waals surface area contributed by atoms with Crippen molar-refractivity contribution in [1.82, 2.24) is 19.4 Å². The van der Waals surface area contributed by atoms with E-state index in [1.807, 2.05) is 6.20 Å². The van der Waals surface area contributed by atoms with Crippen molar-refractivity contribution in [2.24, 2.45) is 0 Å². The zero-order valence-corrected chi connectivity index (χ0v) is 15.3. The van der Waals surface area contributed by atoms with Crippen LogP contribution in [0.4, 0.5) is 10.2 Å². The molecule has 7 nitrogen and oxygen atoms in total. The minimum absolute atomic E-state index is 0.284. The number of hydrogen-bond acceptors (Lipinski definition) is 4. The van der Waals surface area contributed by atoms with E-state index in [0.717, 1.165) is 16.5 Å². The largest absolute Gasteiger partial charge is 0.361 e. The summed E-state index contributed by atoms with van der Waals surface area (Å²) < 4.78 is 15.1. The predicted octanol–water partition coefficient (Wildman–Crippen LogP) is 1.99. The number of nitrogens with zero attached hydrogens (tertiary/aromatic N) is 2. The normalized spacial score (nSPS) is 14.5. The van der Waals surface area contributed by atoms with Crippen LogP contribution in [0.2, 0.25) is 0 Å². The zero-order valence-electron chi connectivity index (χ0n) is 15.3. The number of aryl methyl sites for hydroxylation is 1. The number of benzene rings is 1. The smallest absolute Gasteiger partial charge is 0.329 e. The molecule has 0 spiro atoms. The summed E-state index contributed by atoms with van der Waals surface area (Å²) >= 11 is 0. The third-order valence-corrected chi connectivity index (χ3v) is 5.17. The molecule has 0 atom stereocenters. The van der Waals surface area contributed by atoms with Gasteiger partial charge >= 0.3 is 5.69 Å². The second-order valence-corrected chi connectivity index (χ2v) is 7.17. The van der Waals surface area contributed by atoms with Gasteiger partial charge < -0.3 is 10.3 Å². The Morgan fingerprint density at radius 3 is 2.85 bits per heavy atom. The molecule has 3 N–H and O–H groups in total. The molecule has 0 radical (unpaired) electrons. The Bertz CT molecular complexity index is 1110. The van der Waals surface area contributed by atoms with Gasteiger partial charge in [-0.3, -0.25) is 19.2 Å². The molecule has 2 aromatic heterocycles. The molecule has 0 unspecified atom stereocenters. The molecular weight excluding hydrogens is 349 g/mol. The van der Waals surface area contributed by atoms with Crippen LogP contribution in [0.25, 0.3) is 10.9 Å². The van der Waals surface area contributed by atoms with Gasteiger partial charge in [-0.15, -0.1) is 0 Å². The van der Waals surface area contributed by atoms with Crippen molar-refractivity contribution >= 4 is 16.7 Å². The highest BCUT2D eigenvalue weighted by Crippen LogP contribution is 2.22. The van der Waals surface area contributed by atoms with Crippen LogP contribution in [0.5, 0.6) is 0 Å². The van der Waals surface area contributed by atoms with Gasteiger partial charge in [-0.25, -0.2) is 9.18 Å². The quantitative estimate of drug-likeness (QED) is 0.655. The number of H-pyrrole nitrogens is 2. The lowest BCUT2D eigenvalue weighted by molar-refractivity contribution is 0.218. The van der Waals surface area contributed by atoms with Gasteiger partial charge in [-0.2, -0.15) is 0 Å². The van der Waals surface area contributed by atoms with E-state index in [1.165, 1.54) is 12.1 Å². The monoisotopic (exact) mass is 371 g/mol. The van der Waals surface area contributed by atoms with Crippen LogP contribution in [-0.4, -0.2) is 32.1 Å². The minimum Gasteiger partial charge on any atom is -0.361 e. The molecule has 0 bridgehead atoms. The average molecular weight is 371 g/mol. The number of fused-ring (bicyclic) bond motifs is 2. The molecule has 142 valence electrons. The highest BCUT2D eigenvalue weighted by atomic mass is 19.1. The highest BCUT2D eigenvalue weighted by molar-refractivity contribution is 5.83. The molecule has 8 heteroatoms. The molecule has 4 rings (SSSR count). The minimum atomic E-state index is -0.435. The Kier molecular flexibility index (Phi) is 4.35. The molecule has 0 amide bonds. The topological polar surface area (TPSA) is 85.9 Å². The number of aromatic nitrogens is 3. The summed E-state index contributed by atoms with van der Waals surface area (Å²) in [5, 5.41) is 4.03. The zero-order chi connectivity index (χ0) is 19.1. The fourth-order valence-electron chi connectivity index (χ4n) is 3.56. The van der Waals surface area contributed by atoms with Gasteiger partial charge in [0.2, 0.25) is 0 Å². The van der Waals surface area contributed by atoms with E-state index in [-0.39, 0.29) is 17.4 Å². The summed E-state index contributed by atoms with van der Waals surface area (Å²) in [5.74, 6) is 0.282. The maximum Gasteiger partial charge on any atom is 0.329 e. The van der Waals surface area contributed by atoms with Gasteiger partial charge in [-0.05, 0) is 44.0 Å². The summed E-state index contributed by atoms with van der Waals surface area (Å²) in [6.45, 7) is 5.58. The fraction of sp³-hybridized carbons (Fsp3) is 0.368. The first-order valence-corrected chi connectivity index (χ1v) is 9.03. The van der Waals surface area contributed by atoms with Gasteiger partial charge in [0.05, 0.1) is 12.2 Å². The Balaban J connectivity index is 1.66. The first-order chi connectivity index (χ1) is 12.9. The van der Waals surface area contributed by atoms with E-state index >= 15 is 0 Å². The van der Waals surface area contributed by atoms with Crippen molar-refractivity contribution in [2.45, 2.75) is 39.4 Å². The van der Waals surface area contributed by atoms with Crippen LogP contribution >= 0.6 is 0 Å². The number of anilines is 1. The lowest BCUT2D eigenvalue weighted by Gasteiger charge is -2.33. The molecule has 1 aliphatic heterocycles. The van der Waals surface area contributed by atoms with Gasteiger partial charge in [0, 0.05) is 36.2 Å². The first-order valence-electron chi connectivity index (χ1n) is 9.03. The second kappa shape index (κ2) is 6.70. The van der Waals surface area contributed by atoms with E-state index in [9.17, 15) is 14.0 Å². The first kappa shape index (κ1) is 17.5. The second-order valence-electron chi connectivity index (χ2n) is 7.17. The van der Waals surface area contributed by atoms with E-state index in [2.05, 4.69) is 34.0 Å². The van der Waals surface area contributed by atoms with Crippen molar-refractivity contribution in [3.63, 3.8) is 0 Å². The van der Waals surface area contributed by atoms with Crippen molar-refractivity contribution in [2.75, 3.05) is 12.0 Å². The molecule has 0 saturated heterocycles. The van der Waals surface area contributed by atoms with Crippen molar-refractivity contribution in [1.29, 1.82) is 0 Å². The van der Waals surface area contributed by atoms with E-state index in [4.69, 9.17) is 0 Å². The van der Waals surface area contributed by atoms with Crippen LogP contribution in [0.1, 0.15) is 25.0 Å². The van der Waals surface area contributed by atoms with Crippen molar-refractivity contribution < 1.29 is 4.39 Å². The maximum absolute atomic E-state index is 13.6. The summed E-state index contributed by atoms with van der Waals surface area (Å²) in [4.78, 5) is 32.3. The summed E-state index contributed by atoms with van der Waals surface area (Å²) in [5.41, 5.74) is 1.57. The van der Waals surface area contributed by atoms with Gasteiger partial charge in [0.25, 0.3) is 5.56 Å². The third-order valence-electron chi connectivity index (χ3n) is 5.17. The van der Waals surface area contributed by atoms with Gasteiger partial charge in [0.1, 0.15) is 11.6 Å². The van der Waals surface area contributed by atoms with Crippen LogP contribution < -0.4 is 16.6 Å². The van der Waals surface area contributed by atoms with Crippen LogP contribution in [0.3, 0.4) is 0 Å². The number of hydrogen-bond donors (Lipinski definition) is 3. The number of halogens is 1. The number of aromatic amines is 2. The summed E-state index contributed by atoms with van der Waals surface area (Å²) in [7, 11) is 0. The van der Waals surface area contributed by atoms with Gasteiger partial charge in [0.15, 0.2) is 0 Å². The fourth-order valence-corrected chi connectivity index (χ4v) is 3.56. The maximum atomic E-state index is 13.6. The van der Waals surface area contributed by atoms with Crippen molar-refractivity contribution in [3.8, 4) is 0 Å². The highest BCUT2D eigenvalue weighted by Gasteiger charge is 2.24. The third kappa shape index (κ3) is 3.16. The van der Waals surface area contributed by atoms with E-state index < -0.39 is 5.69 Å². The molecule has 0 fully saturated rings. The molecule has 0 saturated carbocycles. The average Bonchev–Trinajstić information content (AvgIpc) is 3.03. The Morgan fingerprint density at radius 2 is 2.07 bits per heavy atom. The molecule has 0 aliphatic carbocycles. The molecule has 1 aromatic carbocycles. The molecular formula is C19H22FN5O2. The van der Waals surface area contributed by atoms with Crippen LogP contribution in [-0.2, 0) is 19.5 Å². The molecule has 3 heterocycles. The Hall–Kier alpha value is -2.87. The van der Waals surface area contributed by atoms with E-state index in [1.54, 1.807) is 10.6 Å². The van der Waals surface area contributed by atoms with Crippen molar-refractivity contribution in [3.05, 3.63) is 62.2 Å². The summed E-state index contributed by atoms with van der Waals surface area (Å²) in [6, 6.07) is 4.89. The lowest BCUT2D eigenvalue weighted by Crippen LogP contribution is -2.45. The Morgan fingerprint density at radius 1 is 1.26 bits per heavy atom. The standard InChI is InChI=1S/C19H22FN5O2/c1-11(2)24-9-15-17(22-10-24)25(19(27)23-18(15)26)6-5-12-8-21-16-4-3-13(20)7-14(12)16/h3-4,7-8,11,21-22H,5-6,9-10H2,1-2H3,(H,23,26,27). The predicted molar refractivity (Wildman–Crippen MR) is 102 cm³/mol. The lowest BCUT2D eigenvalue weighted by atomic mass is 10.1. The molecule has 3 aromatic rings. The van der Waals surface area contributed by atoms with Crippen LogP contribution in [0, 0.1) is 5.82 Å². The van der Waals surface area contributed by atoms with E-state index in [0.29, 0.717) is 37.6 Å².